The normalized spacial score (nSPS) is 11.5. The molecule has 1 atom stereocenters. The maximum absolute atomic E-state index is 10.0. The molecule has 2 aromatic rings. The highest BCUT2D eigenvalue weighted by atomic mass is 16.5. The first kappa shape index (κ1) is 15.9. The molecule has 4 nitrogen and oxygen atoms in total. The molecule has 0 aliphatic carbocycles. The number of aryl methyl sites for hydroxylation is 1. The van der Waals surface area contributed by atoms with Crippen molar-refractivity contribution in [3.63, 3.8) is 0 Å². The quantitative estimate of drug-likeness (QED) is 0.829. The lowest BCUT2D eigenvalue weighted by atomic mass is 10.0. The first-order valence-corrected chi connectivity index (χ1v) is 7.02. The number of hydrogen-bond donors (Lipinski definition) is 1. The third-order valence-corrected chi connectivity index (χ3v) is 3.41. The summed E-state index contributed by atoms with van der Waals surface area (Å²) < 4.78 is 11.2. The molecular formula is C18H19NO3. The molecular weight excluding hydrogens is 278 g/mol. The molecule has 0 bridgehead atoms. The van der Waals surface area contributed by atoms with Crippen LogP contribution in [-0.2, 0) is 6.61 Å². The average Bonchev–Trinajstić information content (AvgIpc) is 2.54. The van der Waals surface area contributed by atoms with E-state index >= 15 is 0 Å². The third-order valence-electron chi connectivity index (χ3n) is 3.41. The lowest BCUT2D eigenvalue weighted by Crippen LogP contribution is -2.05. The first-order valence-electron chi connectivity index (χ1n) is 7.02. The molecule has 0 radical (unpaired) electrons. The largest absolute Gasteiger partial charge is 0.493 e. The monoisotopic (exact) mass is 297 g/mol. The number of aliphatic hydroxyl groups excluding tert-OH is 1. The Morgan fingerprint density at radius 2 is 1.91 bits per heavy atom. The molecule has 1 unspecified atom stereocenters. The minimum Gasteiger partial charge on any atom is -0.493 e. The Bertz CT molecular complexity index is 662. The van der Waals surface area contributed by atoms with E-state index in [-0.39, 0.29) is 6.54 Å². The minimum atomic E-state index is -0.811. The van der Waals surface area contributed by atoms with Crippen LogP contribution in [0.15, 0.2) is 42.5 Å². The molecule has 114 valence electrons. The van der Waals surface area contributed by atoms with Gasteiger partial charge in [-0.15, -0.1) is 0 Å². The zero-order chi connectivity index (χ0) is 15.9. The fraction of sp³-hybridized carbons (Fsp3) is 0.278. The zero-order valence-electron chi connectivity index (χ0n) is 12.7. The lowest BCUT2D eigenvalue weighted by molar-refractivity contribution is 0.193. The Kier molecular flexibility index (Phi) is 5.40. The SMILES string of the molecule is [C-]#[N+]CC(O)c1cc(OC)c(OCc2ccccc2)cc1C. The predicted octanol–water partition coefficient (Wildman–Crippen LogP) is 3.54. The van der Waals surface area contributed by atoms with E-state index in [4.69, 9.17) is 16.0 Å². The van der Waals surface area contributed by atoms with Crippen molar-refractivity contribution in [3.05, 3.63) is 70.6 Å². The van der Waals surface area contributed by atoms with Crippen LogP contribution in [0.25, 0.3) is 4.85 Å². The van der Waals surface area contributed by atoms with E-state index in [0.29, 0.717) is 23.7 Å². The summed E-state index contributed by atoms with van der Waals surface area (Å²) in [4.78, 5) is 3.23. The van der Waals surface area contributed by atoms with E-state index in [1.165, 1.54) is 0 Å². The van der Waals surface area contributed by atoms with Gasteiger partial charge < -0.3 is 19.4 Å². The highest BCUT2D eigenvalue weighted by Crippen LogP contribution is 2.33. The Labute approximate surface area is 130 Å². The van der Waals surface area contributed by atoms with Crippen molar-refractivity contribution in [2.45, 2.75) is 19.6 Å². The van der Waals surface area contributed by atoms with Gasteiger partial charge in [0.1, 0.15) is 6.61 Å². The predicted molar refractivity (Wildman–Crippen MR) is 84.9 cm³/mol. The molecule has 1 N–H and O–H groups in total. The smallest absolute Gasteiger partial charge is 0.244 e. The summed E-state index contributed by atoms with van der Waals surface area (Å²) in [7, 11) is 1.56. The number of methoxy groups -OCH3 is 1. The maximum Gasteiger partial charge on any atom is 0.244 e. The molecule has 0 aliphatic rings. The minimum absolute atomic E-state index is 0.0359. The van der Waals surface area contributed by atoms with Crippen LogP contribution >= 0.6 is 0 Å². The summed E-state index contributed by atoms with van der Waals surface area (Å²) in [6.45, 7) is 9.23. The van der Waals surface area contributed by atoms with Gasteiger partial charge in [-0.05, 0) is 35.7 Å². The summed E-state index contributed by atoms with van der Waals surface area (Å²) in [6, 6.07) is 13.5. The average molecular weight is 297 g/mol. The van der Waals surface area contributed by atoms with Gasteiger partial charge in [0.05, 0.1) is 7.11 Å². The van der Waals surface area contributed by atoms with E-state index in [9.17, 15) is 5.11 Å². The summed E-state index contributed by atoms with van der Waals surface area (Å²) in [5, 5.41) is 10.0. The van der Waals surface area contributed by atoms with Crippen LogP contribution in [0, 0.1) is 13.5 Å². The topological polar surface area (TPSA) is 43.0 Å². The van der Waals surface area contributed by atoms with Gasteiger partial charge in [-0.3, -0.25) is 0 Å². The van der Waals surface area contributed by atoms with Gasteiger partial charge in [0.15, 0.2) is 17.6 Å². The molecule has 0 fully saturated rings. The summed E-state index contributed by atoms with van der Waals surface area (Å²) in [5.41, 5.74) is 2.64. The number of benzene rings is 2. The Balaban J connectivity index is 2.21. The molecule has 0 aromatic heterocycles. The number of ether oxygens (including phenoxy) is 2. The van der Waals surface area contributed by atoms with Gasteiger partial charge in [-0.1, -0.05) is 30.3 Å². The Morgan fingerprint density at radius 3 is 2.55 bits per heavy atom. The van der Waals surface area contributed by atoms with Crippen LogP contribution in [0.1, 0.15) is 22.8 Å². The van der Waals surface area contributed by atoms with Gasteiger partial charge in [-0.25, -0.2) is 6.57 Å². The first-order chi connectivity index (χ1) is 10.7. The Morgan fingerprint density at radius 1 is 1.18 bits per heavy atom. The summed E-state index contributed by atoms with van der Waals surface area (Å²) >= 11 is 0. The van der Waals surface area contributed by atoms with Crippen LogP contribution in [0.4, 0.5) is 0 Å². The van der Waals surface area contributed by atoms with Crippen molar-refractivity contribution < 1.29 is 14.6 Å². The van der Waals surface area contributed by atoms with Crippen LogP contribution in [0.5, 0.6) is 11.5 Å². The van der Waals surface area contributed by atoms with Crippen LogP contribution in [0.3, 0.4) is 0 Å². The molecule has 4 heteroatoms. The van der Waals surface area contributed by atoms with Gasteiger partial charge in [0, 0.05) is 0 Å². The maximum atomic E-state index is 10.0. The van der Waals surface area contributed by atoms with E-state index < -0.39 is 6.10 Å². The second kappa shape index (κ2) is 7.48. The van der Waals surface area contributed by atoms with Gasteiger partial charge in [0.2, 0.25) is 6.54 Å². The number of aliphatic hydroxyl groups is 1. The molecule has 0 saturated carbocycles. The molecule has 0 aliphatic heterocycles. The van der Waals surface area contributed by atoms with E-state index in [1.54, 1.807) is 13.2 Å². The molecule has 0 heterocycles. The highest BCUT2D eigenvalue weighted by molar-refractivity contribution is 5.48. The molecule has 0 spiro atoms. The standard InChI is InChI=1S/C18H19NO3/c1-13-9-18(22-12-14-7-5-4-6-8-14)17(21-3)10-15(13)16(20)11-19-2/h4-10,16,20H,11-12H2,1,3H3. The van der Waals surface area contributed by atoms with Gasteiger partial charge in [-0.2, -0.15) is 0 Å². The van der Waals surface area contributed by atoms with Crippen LogP contribution in [0.2, 0.25) is 0 Å². The summed E-state index contributed by atoms with van der Waals surface area (Å²) in [5.74, 6) is 1.18. The fourth-order valence-electron chi connectivity index (χ4n) is 2.23. The number of rotatable bonds is 6. The highest BCUT2D eigenvalue weighted by Gasteiger charge is 2.17. The second-order valence-corrected chi connectivity index (χ2v) is 4.99. The second-order valence-electron chi connectivity index (χ2n) is 4.99. The molecule has 2 rings (SSSR count). The molecule has 2 aromatic carbocycles. The van der Waals surface area contributed by atoms with Crippen molar-refractivity contribution >= 4 is 0 Å². The van der Waals surface area contributed by atoms with E-state index in [2.05, 4.69) is 4.85 Å². The van der Waals surface area contributed by atoms with Crippen molar-refractivity contribution in [1.29, 1.82) is 0 Å². The third kappa shape index (κ3) is 3.78. The Hall–Kier alpha value is -2.51. The zero-order valence-corrected chi connectivity index (χ0v) is 12.7. The van der Waals surface area contributed by atoms with Crippen molar-refractivity contribution in [2.75, 3.05) is 13.7 Å². The molecule has 0 saturated heterocycles. The van der Waals surface area contributed by atoms with Gasteiger partial charge >= 0.3 is 0 Å². The molecule has 0 amide bonds. The van der Waals surface area contributed by atoms with Crippen molar-refractivity contribution in [2.24, 2.45) is 0 Å². The van der Waals surface area contributed by atoms with Gasteiger partial charge in [0.25, 0.3) is 0 Å². The van der Waals surface area contributed by atoms with Crippen LogP contribution < -0.4 is 9.47 Å². The number of nitrogens with zero attached hydrogens (tertiary/aromatic N) is 1. The summed E-state index contributed by atoms with van der Waals surface area (Å²) in [6.07, 6.45) is -0.811. The van der Waals surface area contributed by atoms with Crippen molar-refractivity contribution in [3.8, 4) is 11.5 Å². The fourth-order valence-corrected chi connectivity index (χ4v) is 2.23. The van der Waals surface area contributed by atoms with E-state index in [1.807, 2.05) is 43.3 Å². The molecule has 22 heavy (non-hydrogen) atoms. The van der Waals surface area contributed by atoms with Crippen molar-refractivity contribution in [1.82, 2.24) is 0 Å². The van der Waals surface area contributed by atoms with E-state index in [0.717, 1.165) is 11.1 Å². The number of hydrogen-bond acceptors (Lipinski definition) is 3. The lowest BCUT2D eigenvalue weighted by Gasteiger charge is -2.16. The van der Waals surface area contributed by atoms with Crippen LogP contribution in [-0.4, -0.2) is 18.8 Å².